The van der Waals surface area contributed by atoms with Crippen molar-refractivity contribution < 1.29 is 19.8 Å². The molecule has 9 nitrogen and oxygen atoms in total. The second-order valence-electron chi connectivity index (χ2n) is 10.7. The molecule has 1 aromatic heterocycles. The van der Waals surface area contributed by atoms with Crippen LogP contribution in [0.4, 0.5) is 0 Å². The van der Waals surface area contributed by atoms with Gasteiger partial charge in [-0.3, -0.25) is 23.5 Å². The summed E-state index contributed by atoms with van der Waals surface area (Å²) >= 11 is 0. The van der Waals surface area contributed by atoms with Gasteiger partial charge in [0.25, 0.3) is 11.5 Å². The molecule has 1 aromatic rings. The number of aromatic nitrogens is 2. The first-order chi connectivity index (χ1) is 15.8. The van der Waals surface area contributed by atoms with E-state index in [0.29, 0.717) is 30.6 Å². The van der Waals surface area contributed by atoms with Gasteiger partial charge in [0.15, 0.2) is 5.56 Å². The zero-order valence-electron chi connectivity index (χ0n) is 18.9. The number of carbonyl (C=O) groups excluding carboxylic acids is 1. The number of rotatable bonds is 5. The molecule has 1 amide bonds. The van der Waals surface area contributed by atoms with Gasteiger partial charge in [-0.25, -0.2) is 4.79 Å². The Bertz CT molecular complexity index is 1080. The first-order valence-electron chi connectivity index (χ1n) is 12.4. The van der Waals surface area contributed by atoms with Gasteiger partial charge in [-0.15, -0.1) is 0 Å². The second-order valence-corrected chi connectivity index (χ2v) is 10.7. The molecule has 9 heteroatoms. The highest BCUT2D eigenvalue weighted by Crippen LogP contribution is 2.57. The predicted octanol–water partition coefficient (Wildman–Crippen LogP) is 2.35. The van der Waals surface area contributed by atoms with Crippen LogP contribution in [0.15, 0.2) is 9.59 Å². The molecular formula is C24H33N3O6. The molecule has 4 fully saturated rings. The monoisotopic (exact) mass is 459 g/mol. The Morgan fingerprint density at radius 3 is 2.45 bits per heavy atom. The maximum atomic E-state index is 13.9. The van der Waals surface area contributed by atoms with Crippen molar-refractivity contribution in [2.24, 2.45) is 17.8 Å². The minimum atomic E-state index is -1.25. The molecule has 0 radical (unpaired) electrons. The number of amides is 1. The molecule has 5 rings (SSSR count). The first kappa shape index (κ1) is 22.2. The van der Waals surface area contributed by atoms with Crippen LogP contribution in [0.2, 0.25) is 0 Å². The van der Waals surface area contributed by atoms with Crippen LogP contribution < -0.4 is 16.6 Å². The van der Waals surface area contributed by atoms with E-state index in [1.807, 2.05) is 0 Å². The summed E-state index contributed by atoms with van der Waals surface area (Å²) in [6.45, 7) is -0.669. The summed E-state index contributed by atoms with van der Waals surface area (Å²) in [6.07, 6.45) is 10.8. The fourth-order valence-corrected chi connectivity index (χ4v) is 7.55. The Morgan fingerprint density at radius 1 is 1.00 bits per heavy atom. The number of nitrogens with zero attached hydrogens (tertiary/aromatic N) is 2. The maximum Gasteiger partial charge on any atom is 0.334 e. The molecular weight excluding hydrogens is 426 g/mol. The minimum Gasteiger partial charge on any atom is -0.494 e. The van der Waals surface area contributed by atoms with Crippen LogP contribution in [0.1, 0.15) is 93.4 Å². The van der Waals surface area contributed by atoms with E-state index in [2.05, 4.69) is 5.32 Å². The van der Waals surface area contributed by atoms with Gasteiger partial charge >= 0.3 is 11.7 Å². The average molecular weight is 460 g/mol. The quantitative estimate of drug-likeness (QED) is 0.620. The van der Waals surface area contributed by atoms with E-state index in [1.165, 1.54) is 9.13 Å². The van der Waals surface area contributed by atoms with Crippen LogP contribution in [-0.4, -0.2) is 37.8 Å². The highest BCUT2D eigenvalue weighted by atomic mass is 16.4. The fraction of sp³-hybridized carbons (Fsp3) is 0.750. The SMILES string of the molecule is O=C(O)CNC(=O)c1c(O)n(C2CCCCC2)c(=O)n([C@]23CCC[C@H]4C[C@@H](CC4C2)C3)c1=O. The van der Waals surface area contributed by atoms with Crippen LogP contribution in [0.3, 0.4) is 0 Å². The lowest BCUT2D eigenvalue weighted by Crippen LogP contribution is -2.56. The number of fused-ring (bicyclic) bond motifs is 2. The zero-order chi connectivity index (χ0) is 23.3. The number of hydrogen-bond donors (Lipinski definition) is 3. The van der Waals surface area contributed by atoms with Crippen LogP contribution in [0, 0.1) is 17.8 Å². The molecule has 4 aliphatic carbocycles. The third-order valence-electron chi connectivity index (χ3n) is 8.77. The van der Waals surface area contributed by atoms with Crippen molar-refractivity contribution in [2.45, 2.75) is 88.6 Å². The van der Waals surface area contributed by atoms with Gasteiger partial charge in [-0.1, -0.05) is 32.1 Å². The van der Waals surface area contributed by atoms with E-state index in [0.717, 1.165) is 64.2 Å². The van der Waals surface area contributed by atoms with E-state index in [9.17, 15) is 24.3 Å². The van der Waals surface area contributed by atoms with Crippen molar-refractivity contribution >= 4 is 11.9 Å². The molecule has 33 heavy (non-hydrogen) atoms. The normalized spacial score (nSPS) is 31.3. The first-order valence-corrected chi connectivity index (χ1v) is 12.4. The third-order valence-corrected chi connectivity index (χ3v) is 8.77. The van der Waals surface area contributed by atoms with Crippen molar-refractivity contribution in [3.63, 3.8) is 0 Å². The van der Waals surface area contributed by atoms with Gasteiger partial charge < -0.3 is 15.5 Å². The van der Waals surface area contributed by atoms with Gasteiger partial charge in [0.05, 0.1) is 5.54 Å². The summed E-state index contributed by atoms with van der Waals surface area (Å²) < 4.78 is 2.58. The van der Waals surface area contributed by atoms with E-state index in [1.54, 1.807) is 0 Å². The molecule has 0 aliphatic heterocycles. The topological polar surface area (TPSA) is 131 Å². The van der Waals surface area contributed by atoms with Gasteiger partial charge in [0, 0.05) is 6.04 Å². The summed E-state index contributed by atoms with van der Waals surface area (Å²) in [6, 6.07) is -0.278. The smallest absolute Gasteiger partial charge is 0.334 e. The molecule has 4 aliphatic rings. The van der Waals surface area contributed by atoms with Crippen molar-refractivity contribution in [2.75, 3.05) is 6.54 Å². The molecule has 3 bridgehead atoms. The number of carboxylic acid groups (broad SMARTS) is 1. The van der Waals surface area contributed by atoms with Gasteiger partial charge in [-0.2, -0.15) is 0 Å². The lowest BCUT2D eigenvalue weighted by atomic mass is 9.73. The van der Waals surface area contributed by atoms with E-state index >= 15 is 0 Å². The Morgan fingerprint density at radius 2 is 1.73 bits per heavy atom. The Hall–Kier alpha value is -2.58. The summed E-state index contributed by atoms with van der Waals surface area (Å²) in [7, 11) is 0. The molecule has 0 aromatic carbocycles. The summed E-state index contributed by atoms with van der Waals surface area (Å²) in [4.78, 5) is 51.6. The molecule has 4 saturated carbocycles. The van der Waals surface area contributed by atoms with Crippen LogP contribution in [0.5, 0.6) is 5.88 Å². The van der Waals surface area contributed by atoms with Crippen LogP contribution in [-0.2, 0) is 10.3 Å². The largest absolute Gasteiger partial charge is 0.494 e. The Labute approximate surface area is 191 Å². The highest BCUT2D eigenvalue weighted by molar-refractivity contribution is 5.97. The average Bonchev–Trinajstić information content (AvgIpc) is 2.99. The summed E-state index contributed by atoms with van der Waals surface area (Å²) in [5.41, 5.74) is -2.44. The van der Waals surface area contributed by atoms with Gasteiger partial charge in [0.1, 0.15) is 6.54 Å². The van der Waals surface area contributed by atoms with E-state index < -0.39 is 46.7 Å². The molecule has 0 saturated heterocycles. The predicted molar refractivity (Wildman–Crippen MR) is 119 cm³/mol. The summed E-state index contributed by atoms with van der Waals surface area (Å²) in [5, 5.41) is 22.2. The van der Waals surface area contributed by atoms with Gasteiger partial charge in [0.2, 0.25) is 5.88 Å². The fourth-order valence-electron chi connectivity index (χ4n) is 7.55. The van der Waals surface area contributed by atoms with E-state index in [-0.39, 0.29) is 6.04 Å². The zero-order valence-corrected chi connectivity index (χ0v) is 18.9. The molecule has 4 atom stereocenters. The Balaban J connectivity index is 1.69. The minimum absolute atomic E-state index is 0.278. The molecule has 3 N–H and O–H groups in total. The van der Waals surface area contributed by atoms with Gasteiger partial charge in [-0.05, 0) is 62.7 Å². The molecule has 1 heterocycles. The standard InChI is InChI=1S/C24H33N3O6/c28-18(29)13-25-20(30)19-21(31)26(17-6-2-1-3-7-17)23(33)27(22(19)32)24-8-4-5-15-9-14(11-24)10-16(15)12-24/h14-17,31H,1-13H2,(H,25,30)(H,28,29)/t14-,15-,16?,24-/m0/s1. The van der Waals surface area contributed by atoms with Crippen molar-refractivity contribution in [1.82, 2.24) is 14.5 Å². The Kier molecular flexibility index (Phi) is 5.61. The lowest BCUT2D eigenvalue weighted by molar-refractivity contribution is -0.135. The molecule has 180 valence electrons. The summed E-state index contributed by atoms with van der Waals surface area (Å²) in [5.74, 6) is -1.22. The maximum absolute atomic E-state index is 13.9. The highest BCUT2D eigenvalue weighted by Gasteiger charge is 2.52. The number of aliphatic carboxylic acids is 1. The lowest BCUT2D eigenvalue weighted by Gasteiger charge is -2.42. The van der Waals surface area contributed by atoms with Crippen molar-refractivity contribution in [3.05, 3.63) is 26.4 Å². The number of carboxylic acids is 1. The number of carbonyl (C=O) groups is 2. The van der Waals surface area contributed by atoms with Crippen molar-refractivity contribution in [3.8, 4) is 5.88 Å². The second kappa shape index (κ2) is 8.33. The number of hydrogen-bond acceptors (Lipinski definition) is 5. The van der Waals surface area contributed by atoms with Crippen molar-refractivity contribution in [1.29, 1.82) is 0 Å². The van der Waals surface area contributed by atoms with Crippen LogP contribution in [0.25, 0.3) is 0 Å². The molecule has 0 spiro atoms. The van der Waals surface area contributed by atoms with Crippen LogP contribution >= 0.6 is 0 Å². The van der Waals surface area contributed by atoms with E-state index in [4.69, 9.17) is 5.11 Å². The third kappa shape index (κ3) is 3.69. The number of nitrogens with one attached hydrogen (secondary N) is 1. The molecule has 1 unspecified atom stereocenters. The number of aromatic hydroxyl groups is 1.